The lowest BCUT2D eigenvalue weighted by atomic mass is 9.95. The predicted octanol–water partition coefficient (Wildman–Crippen LogP) is 4.87. The number of hydrogen-bond acceptors (Lipinski definition) is 5. The number of hydrogen-bond donors (Lipinski definition) is 1. The van der Waals surface area contributed by atoms with Gasteiger partial charge in [-0.1, -0.05) is 54.1 Å². The number of amides is 1. The van der Waals surface area contributed by atoms with E-state index in [1.165, 1.54) is 23.1 Å². The second kappa shape index (κ2) is 8.04. The molecule has 1 heterocycles. The average Bonchev–Trinajstić information content (AvgIpc) is 3.05. The maximum atomic E-state index is 13.0. The van der Waals surface area contributed by atoms with E-state index >= 15 is 0 Å². The zero-order valence-corrected chi connectivity index (χ0v) is 16.7. The van der Waals surface area contributed by atoms with E-state index in [0.29, 0.717) is 21.8 Å². The van der Waals surface area contributed by atoms with Crippen LogP contribution >= 0.6 is 11.6 Å². The SMILES string of the molecule is O=C1C(=O)N(c2ccc(Cl)cc2)[C@@H](c2cccc([N+](=O)[O-])c2)/C1=C(\O)c1ccccc1. The number of aliphatic hydroxyl groups is 1. The summed E-state index contributed by atoms with van der Waals surface area (Å²) < 4.78 is 0. The maximum Gasteiger partial charge on any atom is 0.300 e. The van der Waals surface area contributed by atoms with E-state index in [1.54, 1.807) is 60.7 Å². The van der Waals surface area contributed by atoms with Gasteiger partial charge in [-0.25, -0.2) is 0 Å². The van der Waals surface area contributed by atoms with E-state index in [9.17, 15) is 24.8 Å². The Balaban J connectivity index is 1.97. The Morgan fingerprint density at radius 2 is 1.65 bits per heavy atom. The minimum atomic E-state index is -1.05. The quantitative estimate of drug-likeness (QED) is 0.207. The van der Waals surface area contributed by atoms with Gasteiger partial charge in [0.2, 0.25) is 0 Å². The van der Waals surface area contributed by atoms with Crippen LogP contribution < -0.4 is 4.90 Å². The summed E-state index contributed by atoms with van der Waals surface area (Å²) in [5, 5.41) is 22.7. The number of anilines is 1. The highest BCUT2D eigenvalue weighted by atomic mass is 35.5. The summed E-state index contributed by atoms with van der Waals surface area (Å²) in [6.07, 6.45) is 0. The fraction of sp³-hybridized carbons (Fsp3) is 0.0435. The Kier molecular flexibility index (Phi) is 5.27. The molecule has 0 aromatic heterocycles. The highest BCUT2D eigenvalue weighted by Gasteiger charge is 2.47. The number of nitrogens with zero attached hydrogens (tertiary/aromatic N) is 2. The van der Waals surface area contributed by atoms with Crippen LogP contribution in [0.1, 0.15) is 17.2 Å². The fourth-order valence-electron chi connectivity index (χ4n) is 3.58. The average molecular weight is 435 g/mol. The summed E-state index contributed by atoms with van der Waals surface area (Å²) in [7, 11) is 0. The molecule has 0 unspecified atom stereocenters. The molecule has 3 aromatic carbocycles. The number of carbonyl (C=O) groups is 2. The zero-order chi connectivity index (χ0) is 22.1. The molecule has 0 saturated carbocycles. The first-order valence-electron chi connectivity index (χ1n) is 9.25. The molecule has 1 fully saturated rings. The van der Waals surface area contributed by atoms with Gasteiger partial charge in [-0.15, -0.1) is 0 Å². The van der Waals surface area contributed by atoms with Gasteiger partial charge < -0.3 is 5.11 Å². The van der Waals surface area contributed by atoms with Crippen molar-refractivity contribution in [3.8, 4) is 0 Å². The number of aliphatic hydroxyl groups excluding tert-OH is 1. The van der Waals surface area contributed by atoms with Crippen LogP contribution in [0.5, 0.6) is 0 Å². The van der Waals surface area contributed by atoms with E-state index < -0.39 is 22.7 Å². The molecule has 0 radical (unpaired) electrons. The van der Waals surface area contributed by atoms with Gasteiger partial charge in [0.25, 0.3) is 17.4 Å². The van der Waals surface area contributed by atoms with Crippen LogP contribution in [0.3, 0.4) is 0 Å². The van der Waals surface area contributed by atoms with Crippen molar-refractivity contribution in [2.24, 2.45) is 0 Å². The van der Waals surface area contributed by atoms with Crippen LogP contribution in [-0.4, -0.2) is 21.7 Å². The van der Waals surface area contributed by atoms with Gasteiger partial charge in [0.1, 0.15) is 5.76 Å². The molecule has 3 aromatic rings. The molecule has 8 heteroatoms. The zero-order valence-electron chi connectivity index (χ0n) is 15.9. The highest BCUT2D eigenvalue weighted by Crippen LogP contribution is 2.42. The van der Waals surface area contributed by atoms with Gasteiger partial charge in [0.05, 0.1) is 16.5 Å². The van der Waals surface area contributed by atoms with E-state index in [-0.39, 0.29) is 17.0 Å². The molecule has 1 aliphatic heterocycles. The summed E-state index contributed by atoms with van der Waals surface area (Å²) in [6.45, 7) is 0. The highest BCUT2D eigenvalue weighted by molar-refractivity contribution is 6.51. The molecule has 0 aliphatic carbocycles. The topological polar surface area (TPSA) is 101 Å². The smallest absolute Gasteiger partial charge is 0.300 e. The van der Waals surface area contributed by atoms with Crippen molar-refractivity contribution in [3.05, 3.63) is 111 Å². The van der Waals surface area contributed by atoms with Crippen molar-refractivity contribution < 1.29 is 19.6 Å². The third-order valence-electron chi connectivity index (χ3n) is 4.99. The monoisotopic (exact) mass is 434 g/mol. The molecule has 1 aliphatic rings. The molecule has 0 bridgehead atoms. The van der Waals surface area contributed by atoms with Gasteiger partial charge in [-0.2, -0.15) is 0 Å². The molecule has 1 saturated heterocycles. The van der Waals surface area contributed by atoms with Crippen LogP contribution in [-0.2, 0) is 9.59 Å². The third kappa shape index (κ3) is 3.67. The first-order valence-corrected chi connectivity index (χ1v) is 9.62. The van der Waals surface area contributed by atoms with E-state index in [1.807, 2.05) is 0 Å². The summed E-state index contributed by atoms with van der Waals surface area (Å²) in [4.78, 5) is 38.0. The molecule has 1 atom stereocenters. The lowest BCUT2D eigenvalue weighted by Gasteiger charge is -2.25. The fourth-order valence-corrected chi connectivity index (χ4v) is 3.70. The summed E-state index contributed by atoms with van der Waals surface area (Å²) in [6, 6.07) is 19.2. The van der Waals surface area contributed by atoms with Crippen molar-refractivity contribution in [1.29, 1.82) is 0 Å². The Hall–Kier alpha value is -3.97. The van der Waals surface area contributed by atoms with E-state index in [4.69, 9.17) is 11.6 Å². The summed E-state index contributed by atoms with van der Waals surface area (Å²) >= 11 is 5.96. The van der Waals surface area contributed by atoms with E-state index in [0.717, 1.165) is 0 Å². The van der Waals surface area contributed by atoms with Crippen LogP contribution in [0.4, 0.5) is 11.4 Å². The van der Waals surface area contributed by atoms with Crippen LogP contribution in [0.25, 0.3) is 5.76 Å². The number of carbonyl (C=O) groups excluding carboxylic acids is 2. The van der Waals surface area contributed by atoms with Crippen LogP contribution in [0.15, 0.2) is 84.4 Å². The number of non-ortho nitro benzene ring substituents is 1. The van der Waals surface area contributed by atoms with Crippen molar-refractivity contribution in [3.63, 3.8) is 0 Å². The lowest BCUT2D eigenvalue weighted by molar-refractivity contribution is -0.384. The number of rotatable bonds is 4. The molecule has 1 N–H and O–H groups in total. The molecule has 4 rings (SSSR count). The van der Waals surface area contributed by atoms with Crippen molar-refractivity contribution in [2.45, 2.75) is 6.04 Å². The Bertz CT molecular complexity index is 1220. The number of nitro benzene ring substituents is 1. The summed E-state index contributed by atoms with van der Waals surface area (Å²) in [5.41, 5.74) is 0.702. The molecule has 154 valence electrons. The third-order valence-corrected chi connectivity index (χ3v) is 5.25. The Morgan fingerprint density at radius 3 is 2.29 bits per heavy atom. The van der Waals surface area contributed by atoms with Crippen molar-refractivity contribution in [1.82, 2.24) is 0 Å². The number of benzene rings is 3. The van der Waals surface area contributed by atoms with E-state index in [2.05, 4.69) is 0 Å². The van der Waals surface area contributed by atoms with Gasteiger partial charge in [0.15, 0.2) is 0 Å². The first-order chi connectivity index (χ1) is 14.9. The second-order valence-electron chi connectivity index (χ2n) is 6.86. The number of halogens is 1. The van der Waals surface area contributed by atoms with Gasteiger partial charge in [0, 0.05) is 28.4 Å². The minimum absolute atomic E-state index is 0.147. The molecule has 31 heavy (non-hydrogen) atoms. The molecule has 1 amide bonds. The first kappa shape index (κ1) is 20.3. The van der Waals surface area contributed by atoms with Crippen molar-refractivity contribution >= 4 is 40.4 Å². The number of ketones is 1. The Labute approximate surface area is 182 Å². The molecular weight excluding hydrogens is 420 g/mol. The normalized spacial score (nSPS) is 17.7. The Morgan fingerprint density at radius 1 is 0.968 bits per heavy atom. The van der Waals surface area contributed by atoms with Gasteiger partial charge in [-0.05, 0) is 29.8 Å². The van der Waals surface area contributed by atoms with Crippen LogP contribution in [0, 0.1) is 10.1 Å². The number of Topliss-reactive ketones (excluding diaryl/α,β-unsaturated/α-hetero) is 1. The number of nitro groups is 1. The molecular formula is C23H15ClN2O5. The molecule has 0 spiro atoms. The summed E-state index contributed by atoms with van der Waals surface area (Å²) in [5.74, 6) is -2.09. The van der Waals surface area contributed by atoms with Crippen molar-refractivity contribution in [2.75, 3.05) is 4.90 Å². The van der Waals surface area contributed by atoms with Gasteiger partial charge >= 0.3 is 0 Å². The predicted molar refractivity (Wildman–Crippen MR) is 116 cm³/mol. The van der Waals surface area contributed by atoms with Crippen LogP contribution in [0.2, 0.25) is 5.02 Å². The second-order valence-corrected chi connectivity index (χ2v) is 7.30. The molecule has 7 nitrogen and oxygen atoms in total. The lowest BCUT2D eigenvalue weighted by Crippen LogP contribution is -2.29. The maximum absolute atomic E-state index is 13.0. The standard InChI is InChI=1S/C23H15ClN2O5/c24-16-9-11-17(12-10-16)25-20(15-7-4-8-18(13-15)26(30)31)19(22(28)23(25)29)21(27)14-5-2-1-3-6-14/h1-13,20,27H/b21-19+/t20-/m0/s1. The van der Waals surface area contributed by atoms with Gasteiger partial charge in [-0.3, -0.25) is 24.6 Å². The minimum Gasteiger partial charge on any atom is -0.507 e. The largest absolute Gasteiger partial charge is 0.507 e.